The van der Waals surface area contributed by atoms with Crippen LogP contribution in [0, 0.1) is 25.2 Å². The van der Waals surface area contributed by atoms with Crippen molar-refractivity contribution in [2.75, 3.05) is 7.11 Å². The molecule has 62 valence electrons. The fraction of sp³-hybridized carbons (Fsp3) is 0.300. The Morgan fingerprint density at radius 3 is 2.25 bits per heavy atom. The monoisotopic (exact) mass is 161 g/mol. The van der Waals surface area contributed by atoms with Crippen LogP contribution >= 0.6 is 0 Å². The summed E-state index contributed by atoms with van der Waals surface area (Å²) in [5.41, 5.74) is 2.59. The third-order valence-corrected chi connectivity index (χ3v) is 1.88. The van der Waals surface area contributed by atoms with Gasteiger partial charge < -0.3 is 4.74 Å². The van der Waals surface area contributed by atoms with E-state index in [0.29, 0.717) is 11.3 Å². The van der Waals surface area contributed by atoms with E-state index in [9.17, 15) is 0 Å². The van der Waals surface area contributed by atoms with E-state index in [4.69, 9.17) is 10.00 Å². The molecule has 0 atom stereocenters. The molecule has 0 unspecified atom stereocenters. The highest BCUT2D eigenvalue weighted by molar-refractivity contribution is 5.52. The molecule has 0 radical (unpaired) electrons. The molecule has 12 heavy (non-hydrogen) atoms. The summed E-state index contributed by atoms with van der Waals surface area (Å²) < 4.78 is 5.13. The van der Waals surface area contributed by atoms with Crippen molar-refractivity contribution in [2.45, 2.75) is 13.8 Å². The lowest BCUT2D eigenvalue weighted by Crippen LogP contribution is -1.93. The van der Waals surface area contributed by atoms with Crippen molar-refractivity contribution in [2.24, 2.45) is 0 Å². The first-order valence-corrected chi connectivity index (χ1v) is 3.75. The van der Waals surface area contributed by atoms with Crippen molar-refractivity contribution in [3.8, 4) is 11.8 Å². The molecular weight excluding hydrogens is 150 g/mol. The van der Waals surface area contributed by atoms with E-state index in [1.54, 1.807) is 7.11 Å². The SMILES string of the molecule is COc1c(C)ccc(C)c1C#N. The van der Waals surface area contributed by atoms with Gasteiger partial charge >= 0.3 is 0 Å². The summed E-state index contributed by atoms with van der Waals surface area (Å²) in [5.74, 6) is 0.692. The van der Waals surface area contributed by atoms with Crippen molar-refractivity contribution in [1.82, 2.24) is 0 Å². The van der Waals surface area contributed by atoms with Gasteiger partial charge in [-0.15, -0.1) is 0 Å². The third kappa shape index (κ3) is 1.26. The van der Waals surface area contributed by atoms with Gasteiger partial charge in [0.25, 0.3) is 0 Å². The Bertz CT molecular complexity index is 336. The minimum absolute atomic E-state index is 0.637. The summed E-state index contributed by atoms with van der Waals surface area (Å²) in [6.07, 6.45) is 0. The lowest BCUT2D eigenvalue weighted by molar-refractivity contribution is 0.410. The zero-order chi connectivity index (χ0) is 9.14. The fourth-order valence-corrected chi connectivity index (χ4v) is 1.19. The van der Waals surface area contributed by atoms with Gasteiger partial charge in [-0.25, -0.2) is 0 Å². The van der Waals surface area contributed by atoms with Crippen LogP contribution < -0.4 is 4.74 Å². The first-order chi connectivity index (χ1) is 5.70. The number of rotatable bonds is 1. The summed E-state index contributed by atoms with van der Waals surface area (Å²) >= 11 is 0. The van der Waals surface area contributed by atoms with Crippen LogP contribution in [0.1, 0.15) is 16.7 Å². The number of hydrogen-bond donors (Lipinski definition) is 0. The second-order valence-electron chi connectivity index (χ2n) is 2.72. The van der Waals surface area contributed by atoms with E-state index in [1.807, 2.05) is 26.0 Å². The average molecular weight is 161 g/mol. The molecule has 1 aromatic rings. The first-order valence-electron chi connectivity index (χ1n) is 3.75. The molecule has 0 heterocycles. The highest BCUT2D eigenvalue weighted by Crippen LogP contribution is 2.24. The molecule has 0 aliphatic heterocycles. The summed E-state index contributed by atoms with van der Waals surface area (Å²) in [6.45, 7) is 3.83. The van der Waals surface area contributed by atoms with Gasteiger partial charge in [-0.05, 0) is 25.0 Å². The van der Waals surface area contributed by atoms with Gasteiger partial charge in [-0.2, -0.15) is 5.26 Å². The molecule has 0 spiro atoms. The Hall–Kier alpha value is -1.49. The van der Waals surface area contributed by atoms with E-state index in [-0.39, 0.29) is 0 Å². The molecule has 0 fully saturated rings. The highest BCUT2D eigenvalue weighted by Gasteiger charge is 2.07. The van der Waals surface area contributed by atoms with E-state index in [1.165, 1.54) is 0 Å². The maximum atomic E-state index is 8.82. The standard InChI is InChI=1S/C10H11NO/c1-7-4-5-8(2)10(12-3)9(7)6-11/h4-5H,1-3H3. The van der Waals surface area contributed by atoms with E-state index in [0.717, 1.165) is 11.1 Å². The number of nitrogens with zero attached hydrogens (tertiary/aromatic N) is 1. The Balaban J connectivity index is 3.41. The number of methoxy groups -OCH3 is 1. The highest BCUT2D eigenvalue weighted by atomic mass is 16.5. The van der Waals surface area contributed by atoms with Crippen molar-refractivity contribution in [1.29, 1.82) is 5.26 Å². The van der Waals surface area contributed by atoms with Gasteiger partial charge in [0.2, 0.25) is 0 Å². The molecule has 0 saturated carbocycles. The molecule has 0 aliphatic rings. The Kier molecular flexibility index (Phi) is 2.35. The Labute approximate surface area is 72.4 Å². The van der Waals surface area contributed by atoms with Crippen LogP contribution in [0.25, 0.3) is 0 Å². The molecule has 1 rings (SSSR count). The molecule has 2 nitrogen and oxygen atoms in total. The predicted octanol–water partition coefficient (Wildman–Crippen LogP) is 2.18. The van der Waals surface area contributed by atoms with Crippen LogP contribution in [-0.4, -0.2) is 7.11 Å². The zero-order valence-corrected chi connectivity index (χ0v) is 7.51. The maximum absolute atomic E-state index is 8.82. The normalized spacial score (nSPS) is 9.17. The number of nitriles is 1. The molecular formula is C10H11NO. The van der Waals surface area contributed by atoms with E-state index in [2.05, 4.69) is 6.07 Å². The Morgan fingerprint density at radius 1 is 1.25 bits per heavy atom. The van der Waals surface area contributed by atoms with Crippen molar-refractivity contribution in [3.63, 3.8) is 0 Å². The van der Waals surface area contributed by atoms with Crippen LogP contribution in [0.3, 0.4) is 0 Å². The molecule has 0 saturated heterocycles. The Morgan fingerprint density at radius 2 is 1.83 bits per heavy atom. The molecule has 1 aromatic carbocycles. The lowest BCUT2D eigenvalue weighted by Gasteiger charge is -2.07. The van der Waals surface area contributed by atoms with E-state index >= 15 is 0 Å². The van der Waals surface area contributed by atoms with Crippen LogP contribution in [0.5, 0.6) is 5.75 Å². The first kappa shape index (κ1) is 8.61. The minimum atomic E-state index is 0.637. The van der Waals surface area contributed by atoms with Crippen LogP contribution in [0.2, 0.25) is 0 Å². The lowest BCUT2D eigenvalue weighted by atomic mass is 10.1. The number of ether oxygens (including phenoxy) is 1. The average Bonchev–Trinajstić information content (AvgIpc) is 2.08. The van der Waals surface area contributed by atoms with Crippen molar-refractivity contribution >= 4 is 0 Å². The maximum Gasteiger partial charge on any atom is 0.139 e. The molecule has 0 bridgehead atoms. The predicted molar refractivity (Wildman–Crippen MR) is 47.2 cm³/mol. The quantitative estimate of drug-likeness (QED) is 0.632. The summed E-state index contributed by atoms with van der Waals surface area (Å²) in [5, 5.41) is 8.82. The van der Waals surface area contributed by atoms with Gasteiger partial charge in [0.15, 0.2) is 0 Å². The molecule has 2 heteroatoms. The third-order valence-electron chi connectivity index (χ3n) is 1.88. The molecule has 0 N–H and O–H groups in total. The van der Waals surface area contributed by atoms with Gasteiger partial charge in [-0.1, -0.05) is 12.1 Å². The van der Waals surface area contributed by atoms with Gasteiger partial charge in [0, 0.05) is 0 Å². The zero-order valence-electron chi connectivity index (χ0n) is 7.51. The second-order valence-corrected chi connectivity index (χ2v) is 2.72. The molecule has 0 aliphatic carbocycles. The topological polar surface area (TPSA) is 33.0 Å². The van der Waals surface area contributed by atoms with Gasteiger partial charge in [0.05, 0.1) is 12.7 Å². The molecule has 0 aromatic heterocycles. The number of aryl methyl sites for hydroxylation is 2. The summed E-state index contributed by atoms with van der Waals surface area (Å²) in [7, 11) is 1.59. The van der Waals surface area contributed by atoms with Gasteiger partial charge in [0.1, 0.15) is 11.8 Å². The number of benzene rings is 1. The smallest absolute Gasteiger partial charge is 0.139 e. The van der Waals surface area contributed by atoms with E-state index < -0.39 is 0 Å². The minimum Gasteiger partial charge on any atom is -0.495 e. The largest absolute Gasteiger partial charge is 0.495 e. The second kappa shape index (κ2) is 3.27. The van der Waals surface area contributed by atoms with Crippen molar-refractivity contribution in [3.05, 3.63) is 28.8 Å². The summed E-state index contributed by atoms with van der Waals surface area (Å²) in [6, 6.07) is 6.01. The molecule has 0 amide bonds. The summed E-state index contributed by atoms with van der Waals surface area (Å²) in [4.78, 5) is 0. The van der Waals surface area contributed by atoms with Crippen molar-refractivity contribution < 1.29 is 4.74 Å². The van der Waals surface area contributed by atoms with Crippen LogP contribution in [0.4, 0.5) is 0 Å². The van der Waals surface area contributed by atoms with Crippen LogP contribution in [0.15, 0.2) is 12.1 Å². The fourth-order valence-electron chi connectivity index (χ4n) is 1.19. The van der Waals surface area contributed by atoms with Gasteiger partial charge in [-0.3, -0.25) is 0 Å². The van der Waals surface area contributed by atoms with Crippen LogP contribution in [-0.2, 0) is 0 Å². The number of hydrogen-bond acceptors (Lipinski definition) is 2.